The highest BCUT2D eigenvalue weighted by Crippen LogP contribution is 2.31. The molecule has 2 atom stereocenters. The molecule has 0 spiro atoms. The zero-order valence-electron chi connectivity index (χ0n) is 18.2. The van der Waals surface area contributed by atoms with Gasteiger partial charge in [-0.25, -0.2) is 4.98 Å². The Morgan fingerprint density at radius 3 is 2.59 bits per heavy atom. The van der Waals surface area contributed by atoms with Crippen LogP contribution >= 0.6 is 0 Å². The smallest absolute Gasteiger partial charge is 0.271 e. The van der Waals surface area contributed by atoms with Gasteiger partial charge in [0.2, 0.25) is 5.91 Å². The van der Waals surface area contributed by atoms with Gasteiger partial charge in [0.15, 0.2) is 0 Å². The molecule has 8 nitrogen and oxygen atoms in total. The first-order valence-corrected chi connectivity index (χ1v) is 10.5. The van der Waals surface area contributed by atoms with Crippen molar-refractivity contribution in [3.05, 3.63) is 89.8 Å². The number of likely N-dealkylation sites (N-methyl/N-ethyl adjacent to an activating group) is 1. The first-order chi connectivity index (χ1) is 15.5. The molecule has 1 aromatic carbocycles. The highest BCUT2D eigenvalue weighted by molar-refractivity contribution is 5.92. The molecule has 0 bridgehead atoms. The molecule has 1 N–H and O–H groups in total. The normalized spacial score (nSPS) is 19.1. The monoisotopic (exact) mass is 430 g/mol. The highest BCUT2D eigenvalue weighted by atomic mass is 16.2. The van der Waals surface area contributed by atoms with E-state index in [1.165, 1.54) is 6.20 Å². The second-order valence-corrected chi connectivity index (χ2v) is 7.97. The minimum absolute atomic E-state index is 0.0343. The fourth-order valence-corrected chi connectivity index (χ4v) is 3.96. The first kappa shape index (κ1) is 21.6. The number of rotatable bonds is 6. The number of aryl methyl sites for hydroxylation is 1. The minimum atomic E-state index is -0.448. The molecule has 1 aliphatic rings. The lowest BCUT2D eigenvalue weighted by Gasteiger charge is -2.45. The number of nitrogens with one attached hydrogen (secondary N) is 1. The molecule has 2 aromatic heterocycles. The lowest BCUT2D eigenvalue weighted by Crippen LogP contribution is -2.59. The number of piperazine rings is 1. The standard InChI is InChI=1S/C24H26N6O2/c1-17-11-27-21(14-26-17)23(31)28-13-20-16-29(2)24(32)22(19-8-4-3-5-9-19)30(20)15-18-7-6-10-25-12-18/h3-12,14,20,22H,13,15-16H2,1-2H3,(H,28,31)/t20-,22+/m1/s1. The zero-order chi connectivity index (χ0) is 22.5. The lowest BCUT2D eigenvalue weighted by atomic mass is 9.97. The van der Waals surface area contributed by atoms with E-state index in [0.717, 1.165) is 16.8 Å². The van der Waals surface area contributed by atoms with Crippen molar-refractivity contribution in [3.8, 4) is 0 Å². The molecule has 3 heterocycles. The molecular weight excluding hydrogens is 404 g/mol. The van der Waals surface area contributed by atoms with Crippen LogP contribution in [0.25, 0.3) is 0 Å². The largest absolute Gasteiger partial charge is 0.349 e. The van der Waals surface area contributed by atoms with Gasteiger partial charge in [-0.3, -0.25) is 24.5 Å². The third-order valence-electron chi connectivity index (χ3n) is 5.61. The number of aromatic nitrogens is 3. The second kappa shape index (κ2) is 9.65. The fraction of sp³-hybridized carbons (Fsp3) is 0.292. The van der Waals surface area contributed by atoms with Gasteiger partial charge in [0, 0.05) is 51.3 Å². The van der Waals surface area contributed by atoms with Gasteiger partial charge in [-0.15, -0.1) is 0 Å². The SMILES string of the molecule is Cc1cnc(C(=O)NC[C@@H]2CN(C)C(=O)[C@H](c3ccccc3)N2Cc2cccnc2)cn1. The molecule has 1 fully saturated rings. The average molecular weight is 431 g/mol. The van der Waals surface area contributed by atoms with Gasteiger partial charge in [0.1, 0.15) is 11.7 Å². The Balaban J connectivity index is 1.59. The number of nitrogens with zero attached hydrogens (tertiary/aromatic N) is 5. The van der Waals surface area contributed by atoms with Gasteiger partial charge in [0.05, 0.1) is 11.9 Å². The summed E-state index contributed by atoms with van der Waals surface area (Å²) < 4.78 is 0. The predicted molar refractivity (Wildman–Crippen MR) is 119 cm³/mol. The van der Waals surface area contributed by atoms with Crippen LogP contribution in [0.4, 0.5) is 0 Å². The van der Waals surface area contributed by atoms with Crippen LogP contribution in [0.3, 0.4) is 0 Å². The predicted octanol–water partition coefficient (Wildman–Crippen LogP) is 1.99. The summed E-state index contributed by atoms with van der Waals surface area (Å²) in [7, 11) is 1.81. The molecule has 0 radical (unpaired) electrons. The van der Waals surface area contributed by atoms with Crippen LogP contribution in [-0.2, 0) is 11.3 Å². The van der Waals surface area contributed by atoms with Gasteiger partial charge in [-0.1, -0.05) is 36.4 Å². The Bertz CT molecular complexity index is 1060. The zero-order valence-corrected chi connectivity index (χ0v) is 18.2. The summed E-state index contributed by atoms with van der Waals surface area (Å²) in [5, 5.41) is 2.97. The van der Waals surface area contributed by atoms with E-state index in [9.17, 15) is 9.59 Å². The van der Waals surface area contributed by atoms with E-state index in [2.05, 4.69) is 25.2 Å². The van der Waals surface area contributed by atoms with Crippen LogP contribution in [0.15, 0.2) is 67.3 Å². The second-order valence-electron chi connectivity index (χ2n) is 7.97. The van der Waals surface area contributed by atoms with E-state index < -0.39 is 6.04 Å². The molecule has 2 amide bonds. The molecule has 0 unspecified atom stereocenters. The molecule has 0 saturated carbocycles. The Hall–Kier alpha value is -3.65. The van der Waals surface area contributed by atoms with E-state index in [1.54, 1.807) is 24.3 Å². The number of hydrogen-bond donors (Lipinski definition) is 1. The summed E-state index contributed by atoms with van der Waals surface area (Å²) in [5.74, 6) is -0.248. The molecule has 3 aromatic rings. The average Bonchev–Trinajstić information content (AvgIpc) is 2.82. The summed E-state index contributed by atoms with van der Waals surface area (Å²) in [6.45, 7) is 3.24. The third kappa shape index (κ3) is 4.81. The van der Waals surface area contributed by atoms with Gasteiger partial charge in [-0.05, 0) is 24.1 Å². The summed E-state index contributed by atoms with van der Waals surface area (Å²) >= 11 is 0. The van der Waals surface area contributed by atoms with Gasteiger partial charge >= 0.3 is 0 Å². The van der Waals surface area contributed by atoms with Crippen molar-refractivity contribution in [2.24, 2.45) is 0 Å². The number of carbonyl (C=O) groups excluding carboxylic acids is 2. The number of benzene rings is 1. The summed E-state index contributed by atoms with van der Waals surface area (Å²) in [5.41, 5.74) is 2.96. The maximum Gasteiger partial charge on any atom is 0.271 e. The van der Waals surface area contributed by atoms with Crippen molar-refractivity contribution in [2.45, 2.75) is 25.6 Å². The maximum absolute atomic E-state index is 13.2. The van der Waals surface area contributed by atoms with Gasteiger partial charge in [-0.2, -0.15) is 0 Å². The molecule has 8 heteroatoms. The van der Waals surface area contributed by atoms with Crippen molar-refractivity contribution < 1.29 is 9.59 Å². The Labute approximate surface area is 187 Å². The van der Waals surface area contributed by atoms with Crippen LogP contribution in [0.1, 0.15) is 33.4 Å². The van der Waals surface area contributed by atoms with E-state index in [1.807, 2.05) is 55.6 Å². The molecule has 1 aliphatic heterocycles. The number of pyridine rings is 1. The van der Waals surface area contributed by atoms with Crippen LogP contribution in [0.2, 0.25) is 0 Å². The van der Waals surface area contributed by atoms with E-state index >= 15 is 0 Å². The third-order valence-corrected chi connectivity index (χ3v) is 5.61. The number of carbonyl (C=O) groups is 2. The first-order valence-electron chi connectivity index (χ1n) is 10.5. The Morgan fingerprint density at radius 1 is 1.09 bits per heavy atom. The quantitative estimate of drug-likeness (QED) is 0.643. The van der Waals surface area contributed by atoms with Crippen molar-refractivity contribution >= 4 is 11.8 Å². The molecule has 164 valence electrons. The van der Waals surface area contributed by atoms with E-state index in [4.69, 9.17) is 0 Å². The highest BCUT2D eigenvalue weighted by Gasteiger charge is 2.40. The topological polar surface area (TPSA) is 91.3 Å². The van der Waals surface area contributed by atoms with Crippen molar-refractivity contribution in [3.63, 3.8) is 0 Å². The summed E-state index contributed by atoms with van der Waals surface area (Å²) in [4.78, 5) is 42.3. The molecule has 4 rings (SSSR count). The summed E-state index contributed by atoms with van der Waals surface area (Å²) in [6, 6.07) is 13.1. The lowest BCUT2D eigenvalue weighted by molar-refractivity contribution is -0.144. The van der Waals surface area contributed by atoms with Gasteiger partial charge in [0.25, 0.3) is 5.91 Å². The minimum Gasteiger partial charge on any atom is -0.349 e. The molecule has 1 saturated heterocycles. The number of hydrogen-bond acceptors (Lipinski definition) is 6. The van der Waals surface area contributed by atoms with Gasteiger partial charge < -0.3 is 10.2 Å². The number of amides is 2. The van der Waals surface area contributed by atoms with Crippen LogP contribution < -0.4 is 5.32 Å². The molecule has 0 aliphatic carbocycles. The van der Waals surface area contributed by atoms with Crippen molar-refractivity contribution in [1.29, 1.82) is 0 Å². The fourth-order valence-electron chi connectivity index (χ4n) is 3.96. The van der Waals surface area contributed by atoms with Crippen LogP contribution in [0.5, 0.6) is 0 Å². The summed E-state index contributed by atoms with van der Waals surface area (Å²) in [6.07, 6.45) is 6.58. The maximum atomic E-state index is 13.2. The van der Waals surface area contributed by atoms with E-state index in [0.29, 0.717) is 19.6 Å². The van der Waals surface area contributed by atoms with Crippen LogP contribution in [-0.4, -0.2) is 62.7 Å². The molecule has 32 heavy (non-hydrogen) atoms. The van der Waals surface area contributed by atoms with Crippen molar-refractivity contribution in [1.82, 2.24) is 30.1 Å². The van der Waals surface area contributed by atoms with Crippen molar-refractivity contribution in [2.75, 3.05) is 20.1 Å². The Morgan fingerprint density at radius 2 is 1.91 bits per heavy atom. The van der Waals surface area contributed by atoms with Crippen LogP contribution in [0, 0.1) is 6.92 Å². The molecular formula is C24H26N6O2. The Kier molecular flexibility index (Phi) is 6.51. The van der Waals surface area contributed by atoms with E-state index in [-0.39, 0.29) is 23.6 Å².